The van der Waals surface area contributed by atoms with Crippen LogP contribution >= 0.6 is 0 Å². The first kappa shape index (κ1) is 14.3. The average molecular weight is 260 g/mol. The molecule has 0 aliphatic rings. The number of nitrogens with zero attached hydrogens (tertiary/aromatic N) is 1. The number of nitro groups is 1. The van der Waals surface area contributed by atoms with E-state index in [4.69, 9.17) is 0 Å². The van der Waals surface area contributed by atoms with E-state index in [-0.39, 0.29) is 5.69 Å². The highest BCUT2D eigenvalue weighted by Crippen LogP contribution is 2.26. The van der Waals surface area contributed by atoms with Gasteiger partial charge in [0.05, 0.1) is 22.3 Å². The van der Waals surface area contributed by atoms with Crippen molar-refractivity contribution >= 4 is 11.4 Å². The predicted octanol–water partition coefficient (Wildman–Crippen LogP) is 2.44. The van der Waals surface area contributed by atoms with E-state index in [0.717, 1.165) is 6.07 Å². The molecule has 1 unspecified atom stereocenters. The zero-order valence-corrected chi connectivity index (χ0v) is 10.2. The lowest BCUT2D eigenvalue weighted by molar-refractivity contribution is -0.387. The fourth-order valence-corrected chi connectivity index (χ4v) is 1.20. The van der Waals surface area contributed by atoms with E-state index >= 15 is 0 Å². The number of halogens is 2. The van der Waals surface area contributed by atoms with Crippen molar-refractivity contribution in [1.82, 2.24) is 0 Å². The molecule has 7 heteroatoms. The number of rotatable bonds is 4. The fourth-order valence-electron chi connectivity index (χ4n) is 1.20. The van der Waals surface area contributed by atoms with Crippen LogP contribution in [0, 0.1) is 21.7 Å². The van der Waals surface area contributed by atoms with Gasteiger partial charge in [-0.3, -0.25) is 10.1 Å². The minimum Gasteiger partial charge on any atom is -0.388 e. The van der Waals surface area contributed by atoms with Gasteiger partial charge in [-0.25, -0.2) is 4.39 Å². The highest BCUT2D eigenvalue weighted by Gasteiger charge is 2.25. The molecule has 2 N–H and O–H groups in total. The predicted molar refractivity (Wildman–Crippen MR) is 62.4 cm³/mol. The molecule has 0 aliphatic heterocycles. The monoisotopic (exact) mass is 260 g/mol. The van der Waals surface area contributed by atoms with Crippen LogP contribution in [0.2, 0.25) is 0 Å². The van der Waals surface area contributed by atoms with Gasteiger partial charge in [-0.1, -0.05) is 0 Å². The van der Waals surface area contributed by atoms with Crippen molar-refractivity contribution in [2.75, 3.05) is 5.32 Å². The number of hydrogen-bond acceptors (Lipinski definition) is 4. The third kappa shape index (κ3) is 3.13. The summed E-state index contributed by atoms with van der Waals surface area (Å²) in [6.45, 7) is 4.58. The molecule has 100 valence electrons. The summed E-state index contributed by atoms with van der Waals surface area (Å²) in [5.74, 6) is -2.19. The van der Waals surface area contributed by atoms with Crippen molar-refractivity contribution < 1.29 is 18.8 Å². The molecule has 0 saturated heterocycles. The first-order valence-corrected chi connectivity index (χ1v) is 5.25. The molecular weight excluding hydrogens is 246 g/mol. The minimum absolute atomic E-state index is 0.224. The molecule has 0 aromatic heterocycles. The van der Waals surface area contributed by atoms with Gasteiger partial charge in [-0.05, 0) is 20.8 Å². The standard InChI is InChI=1S/C11H14F2N2O3/c1-6(11(2,3)16)14-9-5-10(15(17)18)8(13)4-7(9)12/h4-6,14,16H,1-3H3. The summed E-state index contributed by atoms with van der Waals surface area (Å²) in [6.07, 6.45) is 0. The van der Waals surface area contributed by atoms with Gasteiger partial charge < -0.3 is 10.4 Å². The second-order valence-electron chi connectivity index (χ2n) is 4.56. The lowest BCUT2D eigenvalue weighted by Crippen LogP contribution is -2.39. The number of nitro benzene ring substituents is 1. The quantitative estimate of drug-likeness (QED) is 0.644. The maximum absolute atomic E-state index is 13.4. The third-order valence-electron chi connectivity index (χ3n) is 2.66. The molecule has 18 heavy (non-hydrogen) atoms. The van der Waals surface area contributed by atoms with Crippen LogP contribution in [0.4, 0.5) is 20.2 Å². The molecule has 0 saturated carbocycles. The molecule has 1 aromatic carbocycles. The van der Waals surface area contributed by atoms with E-state index in [1.54, 1.807) is 6.92 Å². The van der Waals surface area contributed by atoms with Crippen LogP contribution in [0.3, 0.4) is 0 Å². The first-order chi connectivity index (χ1) is 8.12. The van der Waals surface area contributed by atoms with Gasteiger partial charge in [-0.15, -0.1) is 0 Å². The van der Waals surface area contributed by atoms with E-state index in [1.807, 2.05) is 0 Å². The lowest BCUT2D eigenvalue weighted by atomic mass is 10.0. The summed E-state index contributed by atoms with van der Waals surface area (Å²) in [5, 5.41) is 22.8. The maximum Gasteiger partial charge on any atom is 0.307 e. The van der Waals surface area contributed by atoms with Crippen molar-refractivity contribution in [3.63, 3.8) is 0 Å². The molecule has 0 fully saturated rings. The van der Waals surface area contributed by atoms with E-state index in [9.17, 15) is 24.0 Å². The normalized spacial score (nSPS) is 13.2. The highest BCUT2D eigenvalue weighted by atomic mass is 19.1. The molecule has 0 aliphatic carbocycles. The number of aliphatic hydroxyl groups is 1. The Bertz CT molecular complexity index is 472. The van der Waals surface area contributed by atoms with Crippen molar-refractivity contribution in [1.29, 1.82) is 0 Å². The Morgan fingerprint density at radius 2 is 1.94 bits per heavy atom. The largest absolute Gasteiger partial charge is 0.388 e. The summed E-state index contributed by atoms with van der Waals surface area (Å²) in [6, 6.07) is 0.641. The molecule has 1 rings (SSSR count). The Morgan fingerprint density at radius 3 is 2.39 bits per heavy atom. The van der Waals surface area contributed by atoms with Gasteiger partial charge in [0.25, 0.3) is 0 Å². The minimum atomic E-state index is -1.24. The van der Waals surface area contributed by atoms with E-state index < -0.39 is 33.9 Å². The lowest BCUT2D eigenvalue weighted by Gasteiger charge is -2.27. The maximum atomic E-state index is 13.4. The van der Waals surface area contributed by atoms with Gasteiger partial charge >= 0.3 is 5.69 Å². The topological polar surface area (TPSA) is 75.4 Å². The molecular formula is C11H14F2N2O3. The second-order valence-corrected chi connectivity index (χ2v) is 4.56. The van der Waals surface area contributed by atoms with Crippen molar-refractivity contribution in [3.8, 4) is 0 Å². The Morgan fingerprint density at radius 1 is 1.39 bits per heavy atom. The van der Waals surface area contributed by atoms with Crippen molar-refractivity contribution in [2.45, 2.75) is 32.4 Å². The summed E-state index contributed by atoms with van der Waals surface area (Å²) < 4.78 is 26.5. The second kappa shape index (κ2) is 4.85. The van der Waals surface area contributed by atoms with Crippen LogP contribution in [0.5, 0.6) is 0 Å². The smallest absolute Gasteiger partial charge is 0.307 e. The van der Waals surface area contributed by atoms with E-state index in [2.05, 4.69) is 5.32 Å². The molecule has 1 atom stereocenters. The van der Waals surface area contributed by atoms with Crippen molar-refractivity contribution in [2.24, 2.45) is 0 Å². The first-order valence-electron chi connectivity index (χ1n) is 5.25. The van der Waals surface area contributed by atoms with Crippen LogP contribution in [0.15, 0.2) is 12.1 Å². The molecule has 0 bridgehead atoms. The zero-order valence-electron chi connectivity index (χ0n) is 10.2. The number of benzene rings is 1. The molecule has 1 aromatic rings. The zero-order chi connectivity index (χ0) is 14.1. The molecule has 5 nitrogen and oxygen atoms in total. The fraction of sp³-hybridized carbons (Fsp3) is 0.455. The molecule has 0 spiro atoms. The van der Waals surface area contributed by atoms with Crippen LogP contribution in [-0.2, 0) is 0 Å². The number of hydrogen-bond donors (Lipinski definition) is 2. The van der Waals surface area contributed by atoms with Gasteiger partial charge in [-0.2, -0.15) is 4.39 Å². The highest BCUT2D eigenvalue weighted by molar-refractivity contribution is 5.53. The number of nitrogens with one attached hydrogen (secondary N) is 1. The number of anilines is 1. The van der Waals surface area contributed by atoms with Crippen molar-refractivity contribution in [3.05, 3.63) is 33.9 Å². The van der Waals surface area contributed by atoms with E-state index in [0.29, 0.717) is 6.07 Å². The summed E-state index contributed by atoms with van der Waals surface area (Å²) >= 11 is 0. The van der Waals surface area contributed by atoms with Gasteiger partial charge in [0.1, 0.15) is 5.82 Å². The summed E-state index contributed by atoms with van der Waals surface area (Å²) in [4.78, 5) is 9.60. The van der Waals surface area contributed by atoms with Crippen LogP contribution in [-0.4, -0.2) is 21.7 Å². The molecule has 0 heterocycles. The van der Waals surface area contributed by atoms with Gasteiger partial charge in [0, 0.05) is 12.1 Å². The summed E-state index contributed by atoms with van der Waals surface area (Å²) in [5.41, 5.74) is -2.20. The Hall–Kier alpha value is -1.76. The van der Waals surface area contributed by atoms with Gasteiger partial charge in [0.15, 0.2) is 0 Å². The Kier molecular flexibility index (Phi) is 3.85. The van der Waals surface area contributed by atoms with Crippen LogP contribution in [0.1, 0.15) is 20.8 Å². The summed E-state index contributed by atoms with van der Waals surface area (Å²) in [7, 11) is 0. The third-order valence-corrected chi connectivity index (χ3v) is 2.66. The Balaban J connectivity index is 3.10. The molecule has 0 amide bonds. The van der Waals surface area contributed by atoms with Crippen LogP contribution < -0.4 is 5.32 Å². The average Bonchev–Trinajstić information content (AvgIpc) is 2.19. The molecule has 0 radical (unpaired) electrons. The Labute approximate surface area is 103 Å². The SMILES string of the molecule is CC(Nc1cc([N+](=O)[O-])c(F)cc1F)C(C)(C)O. The van der Waals surface area contributed by atoms with E-state index in [1.165, 1.54) is 13.8 Å². The van der Waals surface area contributed by atoms with Crippen LogP contribution in [0.25, 0.3) is 0 Å². The van der Waals surface area contributed by atoms with Gasteiger partial charge in [0.2, 0.25) is 5.82 Å².